The van der Waals surface area contributed by atoms with E-state index in [-0.39, 0.29) is 5.38 Å². The second-order valence-electron chi connectivity index (χ2n) is 4.60. The topological polar surface area (TPSA) is 9.23 Å². The van der Waals surface area contributed by atoms with Gasteiger partial charge < -0.3 is 4.74 Å². The summed E-state index contributed by atoms with van der Waals surface area (Å²) in [6.07, 6.45) is 0. The predicted molar refractivity (Wildman–Crippen MR) is 84.3 cm³/mol. The molecule has 3 heteroatoms. The molecule has 100 valence electrons. The van der Waals surface area contributed by atoms with Crippen LogP contribution in [-0.2, 0) is 0 Å². The Bertz CT molecular complexity index is 595. The number of benzene rings is 2. The summed E-state index contributed by atoms with van der Waals surface area (Å²) in [5.74, 6) is 0.889. The van der Waals surface area contributed by atoms with E-state index in [1.807, 2.05) is 31.2 Å². The van der Waals surface area contributed by atoms with Crippen LogP contribution in [-0.4, -0.2) is 7.11 Å². The number of aryl methyl sites for hydroxylation is 2. The summed E-state index contributed by atoms with van der Waals surface area (Å²) in [6.45, 7) is 4.09. The molecule has 0 aliphatic carbocycles. The molecule has 0 amide bonds. The maximum atomic E-state index is 6.57. The normalized spacial score (nSPS) is 12.3. The van der Waals surface area contributed by atoms with Gasteiger partial charge in [0.1, 0.15) is 5.75 Å². The van der Waals surface area contributed by atoms with E-state index in [0.717, 1.165) is 26.9 Å². The molecule has 0 radical (unpaired) electrons. The van der Waals surface area contributed by atoms with Gasteiger partial charge in [-0.15, -0.1) is 11.6 Å². The van der Waals surface area contributed by atoms with Gasteiger partial charge in [0.25, 0.3) is 0 Å². The zero-order valence-corrected chi connectivity index (χ0v) is 13.5. The molecule has 1 atom stereocenters. The minimum absolute atomic E-state index is 0.142. The summed E-state index contributed by atoms with van der Waals surface area (Å²) in [6, 6.07) is 12.3. The first kappa shape index (κ1) is 14.4. The minimum atomic E-state index is -0.142. The summed E-state index contributed by atoms with van der Waals surface area (Å²) >= 11 is 10.1. The molecule has 0 saturated heterocycles. The Morgan fingerprint density at radius 2 is 1.58 bits per heavy atom. The van der Waals surface area contributed by atoms with Gasteiger partial charge in [-0.2, -0.15) is 0 Å². The second kappa shape index (κ2) is 5.98. The molecule has 1 unspecified atom stereocenters. The van der Waals surface area contributed by atoms with Crippen molar-refractivity contribution in [2.75, 3.05) is 7.11 Å². The van der Waals surface area contributed by atoms with Crippen LogP contribution in [0.15, 0.2) is 40.9 Å². The van der Waals surface area contributed by atoms with E-state index in [0.29, 0.717) is 0 Å². The Balaban J connectivity index is 2.35. The molecule has 0 aliphatic heterocycles. The SMILES string of the molecule is COc1ccc(C(Cl)c2ccc(Br)c(C)c2)cc1C. The number of methoxy groups -OCH3 is 1. The molecular weight excluding hydrogens is 324 g/mol. The summed E-state index contributed by atoms with van der Waals surface area (Å²) in [7, 11) is 1.68. The van der Waals surface area contributed by atoms with Gasteiger partial charge in [0.2, 0.25) is 0 Å². The van der Waals surface area contributed by atoms with E-state index >= 15 is 0 Å². The van der Waals surface area contributed by atoms with Gasteiger partial charge in [-0.25, -0.2) is 0 Å². The molecule has 0 saturated carbocycles. The van der Waals surface area contributed by atoms with Crippen LogP contribution in [0.25, 0.3) is 0 Å². The highest BCUT2D eigenvalue weighted by Gasteiger charge is 2.13. The maximum absolute atomic E-state index is 6.57. The monoisotopic (exact) mass is 338 g/mol. The Labute approximate surface area is 127 Å². The van der Waals surface area contributed by atoms with Crippen LogP contribution in [0.2, 0.25) is 0 Å². The number of rotatable bonds is 3. The molecule has 2 rings (SSSR count). The van der Waals surface area contributed by atoms with E-state index in [9.17, 15) is 0 Å². The molecule has 0 aromatic heterocycles. The van der Waals surface area contributed by atoms with Crippen LogP contribution in [0, 0.1) is 13.8 Å². The third-order valence-corrected chi connectivity index (χ3v) is 4.58. The summed E-state index contributed by atoms with van der Waals surface area (Å²) in [5.41, 5.74) is 4.47. The van der Waals surface area contributed by atoms with E-state index in [2.05, 4.69) is 35.0 Å². The number of halogens is 2. The van der Waals surface area contributed by atoms with Gasteiger partial charge in [-0.1, -0.05) is 40.2 Å². The molecule has 2 aromatic rings. The minimum Gasteiger partial charge on any atom is -0.496 e. The van der Waals surface area contributed by atoms with Gasteiger partial charge in [0, 0.05) is 4.47 Å². The fourth-order valence-corrected chi connectivity index (χ4v) is 2.60. The Hall–Kier alpha value is -0.990. The van der Waals surface area contributed by atoms with Crippen molar-refractivity contribution in [1.29, 1.82) is 0 Å². The highest BCUT2D eigenvalue weighted by Crippen LogP contribution is 2.33. The molecule has 2 aromatic carbocycles. The first-order chi connectivity index (χ1) is 9.02. The quantitative estimate of drug-likeness (QED) is 0.680. The van der Waals surface area contributed by atoms with E-state index in [1.165, 1.54) is 5.56 Å². The standard InChI is InChI=1S/C16H16BrClO/c1-10-8-12(4-6-14(10)17)16(18)13-5-7-15(19-3)11(2)9-13/h4-9,16H,1-3H3. The van der Waals surface area contributed by atoms with Crippen molar-refractivity contribution in [1.82, 2.24) is 0 Å². The van der Waals surface area contributed by atoms with E-state index in [4.69, 9.17) is 16.3 Å². The highest BCUT2D eigenvalue weighted by atomic mass is 79.9. The first-order valence-electron chi connectivity index (χ1n) is 6.07. The van der Waals surface area contributed by atoms with Crippen molar-refractivity contribution in [3.05, 3.63) is 63.1 Å². The van der Waals surface area contributed by atoms with Crippen LogP contribution >= 0.6 is 27.5 Å². The average Bonchev–Trinajstić information content (AvgIpc) is 2.41. The lowest BCUT2D eigenvalue weighted by atomic mass is 10.0. The molecule has 1 nitrogen and oxygen atoms in total. The van der Waals surface area contributed by atoms with Crippen molar-refractivity contribution >= 4 is 27.5 Å². The first-order valence-corrected chi connectivity index (χ1v) is 7.30. The maximum Gasteiger partial charge on any atom is 0.121 e. The number of hydrogen-bond donors (Lipinski definition) is 0. The molecule has 0 heterocycles. The fraction of sp³-hybridized carbons (Fsp3) is 0.250. The van der Waals surface area contributed by atoms with Crippen LogP contribution in [0.3, 0.4) is 0 Å². The van der Waals surface area contributed by atoms with Gasteiger partial charge in [0.15, 0.2) is 0 Å². The Kier molecular flexibility index (Phi) is 4.54. The average molecular weight is 340 g/mol. The predicted octanol–water partition coefficient (Wildman–Crippen LogP) is 5.40. The van der Waals surface area contributed by atoms with Gasteiger partial charge in [-0.3, -0.25) is 0 Å². The van der Waals surface area contributed by atoms with Crippen LogP contribution in [0.5, 0.6) is 5.75 Å². The van der Waals surface area contributed by atoms with Crippen molar-refractivity contribution < 1.29 is 4.74 Å². The largest absolute Gasteiger partial charge is 0.496 e. The summed E-state index contributed by atoms with van der Waals surface area (Å²) in [5, 5.41) is -0.142. The summed E-state index contributed by atoms with van der Waals surface area (Å²) in [4.78, 5) is 0. The van der Waals surface area contributed by atoms with Crippen LogP contribution < -0.4 is 4.74 Å². The molecule has 19 heavy (non-hydrogen) atoms. The van der Waals surface area contributed by atoms with Gasteiger partial charge >= 0.3 is 0 Å². The molecule has 0 fully saturated rings. The molecule has 0 bridgehead atoms. The molecule has 0 N–H and O–H groups in total. The lowest BCUT2D eigenvalue weighted by Gasteiger charge is -2.14. The van der Waals surface area contributed by atoms with E-state index in [1.54, 1.807) is 7.11 Å². The van der Waals surface area contributed by atoms with Crippen molar-refractivity contribution in [2.45, 2.75) is 19.2 Å². The fourth-order valence-electron chi connectivity index (χ4n) is 2.08. The van der Waals surface area contributed by atoms with Gasteiger partial charge in [-0.05, 0) is 48.2 Å². The van der Waals surface area contributed by atoms with Gasteiger partial charge in [0.05, 0.1) is 12.5 Å². The second-order valence-corrected chi connectivity index (χ2v) is 5.89. The van der Waals surface area contributed by atoms with Crippen molar-refractivity contribution in [3.8, 4) is 5.75 Å². The molecule has 0 spiro atoms. The lowest BCUT2D eigenvalue weighted by Crippen LogP contribution is -1.96. The third-order valence-electron chi connectivity index (χ3n) is 3.19. The summed E-state index contributed by atoms with van der Waals surface area (Å²) < 4.78 is 6.37. The third kappa shape index (κ3) is 3.13. The van der Waals surface area contributed by atoms with Crippen molar-refractivity contribution in [2.24, 2.45) is 0 Å². The number of ether oxygens (including phenoxy) is 1. The smallest absolute Gasteiger partial charge is 0.121 e. The number of alkyl halides is 1. The lowest BCUT2D eigenvalue weighted by molar-refractivity contribution is 0.411. The van der Waals surface area contributed by atoms with Crippen molar-refractivity contribution in [3.63, 3.8) is 0 Å². The molecule has 0 aliphatic rings. The molecular formula is C16H16BrClO. The van der Waals surface area contributed by atoms with E-state index < -0.39 is 0 Å². The Morgan fingerprint density at radius 1 is 1.00 bits per heavy atom. The van der Waals surface area contributed by atoms with Crippen LogP contribution in [0.1, 0.15) is 27.6 Å². The Morgan fingerprint density at radius 3 is 2.11 bits per heavy atom. The zero-order chi connectivity index (χ0) is 14.0. The van der Waals surface area contributed by atoms with Crippen LogP contribution in [0.4, 0.5) is 0 Å². The number of hydrogen-bond acceptors (Lipinski definition) is 1. The zero-order valence-electron chi connectivity index (χ0n) is 11.2. The highest BCUT2D eigenvalue weighted by molar-refractivity contribution is 9.10.